The Bertz CT molecular complexity index is 477. The van der Waals surface area contributed by atoms with Gasteiger partial charge in [-0.2, -0.15) is 0 Å². The maximum atomic E-state index is 12.8. The Labute approximate surface area is 117 Å². The maximum Gasteiger partial charge on any atom is 0.182 e. The van der Waals surface area contributed by atoms with E-state index in [1.807, 2.05) is 0 Å². The van der Waals surface area contributed by atoms with Gasteiger partial charge in [0, 0.05) is 25.6 Å². The zero-order valence-corrected chi connectivity index (χ0v) is 11.4. The number of hydrogen-bond donors (Lipinski definition) is 0. The van der Waals surface area contributed by atoms with Crippen LogP contribution in [0.4, 0.5) is 4.39 Å². The zero-order valence-electron chi connectivity index (χ0n) is 11.4. The molecule has 0 spiro atoms. The summed E-state index contributed by atoms with van der Waals surface area (Å²) in [6.45, 7) is 2.39. The van der Waals surface area contributed by atoms with Crippen molar-refractivity contribution in [2.24, 2.45) is 0 Å². The Kier molecular flexibility index (Phi) is 4.08. The molecule has 1 saturated heterocycles. The van der Waals surface area contributed by atoms with Crippen LogP contribution in [0.3, 0.4) is 0 Å². The van der Waals surface area contributed by atoms with Gasteiger partial charge < -0.3 is 4.74 Å². The number of morpholine rings is 1. The lowest BCUT2D eigenvalue weighted by Gasteiger charge is -2.37. The van der Waals surface area contributed by atoms with Crippen LogP contribution >= 0.6 is 0 Å². The van der Waals surface area contributed by atoms with Crippen molar-refractivity contribution in [3.05, 3.63) is 29.8 Å². The van der Waals surface area contributed by atoms with E-state index in [1.165, 1.54) is 18.6 Å². The molecule has 0 radical (unpaired) electrons. The fourth-order valence-corrected chi connectivity index (χ4v) is 3.20. The summed E-state index contributed by atoms with van der Waals surface area (Å²) in [7, 11) is 0. The Balaban J connectivity index is 1.56. The van der Waals surface area contributed by atoms with Gasteiger partial charge in [0.2, 0.25) is 0 Å². The third kappa shape index (κ3) is 2.88. The molecule has 1 aromatic heterocycles. The van der Waals surface area contributed by atoms with Crippen LogP contribution in [0.25, 0.3) is 0 Å². The van der Waals surface area contributed by atoms with Crippen molar-refractivity contribution in [2.45, 2.75) is 37.8 Å². The zero-order chi connectivity index (χ0) is 13.9. The Morgan fingerprint density at radius 3 is 3.15 bits per heavy atom. The molecule has 1 aliphatic carbocycles. The second kappa shape index (κ2) is 5.97. The fourth-order valence-electron chi connectivity index (χ4n) is 3.20. The van der Waals surface area contributed by atoms with Gasteiger partial charge in [0.05, 0.1) is 18.9 Å². The quantitative estimate of drug-likeness (QED) is 0.791. The molecule has 0 bridgehead atoms. The van der Waals surface area contributed by atoms with Crippen molar-refractivity contribution in [1.82, 2.24) is 9.88 Å². The Hall–Kier alpha value is -1.33. The number of carbonyl (C=O) groups excluding carboxylic acids is 1. The van der Waals surface area contributed by atoms with Gasteiger partial charge in [0.1, 0.15) is 11.5 Å². The van der Waals surface area contributed by atoms with E-state index in [9.17, 15) is 9.18 Å². The average Bonchev–Trinajstić information content (AvgIpc) is 2.94. The van der Waals surface area contributed by atoms with Crippen LogP contribution in [-0.4, -0.2) is 47.5 Å². The highest BCUT2D eigenvalue weighted by Gasteiger charge is 2.35. The first-order valence-electron chi connectivity index (χ1n) is 7.24. The molecule has 108 valence electrons. The molecular formula is C15H19FN2O2. The molecule has 0 amide bonds. The van der Waals surface area contributed by atoms with Crippen molar-refractivity contribution in [3.8, 4) is 0 Å². The van der Waals surface area contributed by atoms with Gasteiger partial charge in [-0.15, -0.1) is 0 Å². The van der Waals surface area contributed by atoms with E-state index >= 15 is 0 Å². The second-order valence-corrected chi connectivity index (χ2v) is 5.48. The fraction of sp³-hybridized carbons (Fsp3) is 0.600. The van der Waals surface area contributed by atoms with Crippen LogP contribution in [0.15, 0.2) is 18.3 Å². The first-order valence-corrected chi connectivity index (χ1v) is 7.24. The molecule has 2 unspecified atom stereocenters. The molecule has 2 heterocycles. The van der Waals surface area contributed by atoms with Gasteiger partial charge in [-0.25, -0.2) is 4.39 Å². The monoisotopic (exact) mass is 278 g/mol. The number of carbonyl (C=O) groups is 1. The van der Waals surface area contributed by atoms with Crippen molar-refractivity contribution in [2.75, 3.05) is 19.7 Å². The molecule has 1 aromatic rings. The van der Waals surface area contributed by atoms with E-state index in [2.05, 4.69) is 9.88 Å². The van der Waals surface area contributed by atoms with E-state index in [0.717, 1.165) is 38.7 Å². The highest BCUT2D eigenvalue weighted by Crippen LogP contribution is 2.29. The molecule has 2 atom stereocenters. The molecule has 20 heavy (non-hydrogen) atoms. The third-order valence-corrected chi connectivity index (χ3v) is 4.24. The summed E-state index contributed by atoms with van der Waals surface area (Å²) < 4.78 is 18.5. The smallest absolute Gasteiger partial charge is 0.182 e. The topological polar surface area (TPSA) is 42.4 Å². The predicted octanol–water partition coefficient (Wildman–Crippen LogP) is 2.05. The number of aromatic nitrogens is 1. The summed E-state index contributed by atoms with van der Waals surface area (Å²) in [5, 5.41) is 0. The molecule has 2 aliphatic rings. The number of ketones is 1. The molecular weight excluding hydrogens is 259 g/mol. The number of halogens is 1. The summed E-state index contributed by atoms with van der Waals surface area (Å²) in [6.07, 6.45) is 5.38. The van der Waals surface area contributed by atoms with Crippen molar-refractivity contribution < 1.29 is 13.9 Å². The molecule has 3 rings (SSSR count). The van der Waals surface area contributed by atoms with Crippen LogP contribution in [0.2, 0.25) is 0 Å². The van der Waals surface area contributed by atoms with Gasteiger partial charge >= 0.3 is 0 Å². The minimum absolute atomic E-state index is 0.0222. The van der Waals surface area contributed by atoms with Gasteiger partial charge in [0.25, 0.3) is 0 Å². The molecule has 0 N–H and O–H groups in total. The normalized spacial score (nSPS) is 26.4. The number of pyridine rings is 1. The highest BCUT2D eigenvalue weighted by molar-refractivity contribution is 5.94. The highest BCUT2D eigenvalue weighted by atomic mass is 19.1. The van der Waals surface area contributed by atoms with Crippen LogP contribution in [-0.2, 0) is 4.74 Å². The lowest BCUT2D eigenvalue weighted by Crippen LogP contribution is -2.49. The van der Waals surface area contributed by atoms with Crippen LogP contribution in [0, 0.1) is 5.82 Å². The van der Waals surface area contributed by atoms with Crippen molar-refractivity contribution >= 4 is 5.78 Å². The molecule has 0 aromatic carbocycles. The van der Waals surface area contributed by atoms with E-state index in [0.29, 0.717) is 24.3 Å². The number of Topliss-reactive ketones (excluding diaryl/α,β-unsaturated/α-hetero) is 1. The van der Waals surface area contributed by atoms with Gasteiger partial charge in [-0.3, -0.25) is 14.7 Å². The third-order valence-electron chi connectivity index (χ3n) is 4.24. The number of fused-ring (bicyclic) bond motifs is 1. The largest absolute Gasteiger partial charge is 0.375 e. The van der Waals surface area contributed by atoms with Crippen LogP contribution < -0.4 is 0 Å². The van der Waals surface area contributed by atoms with E-state index in [-0.39, 0.29) is 5.78 Å². The summed E-state index contributed by atoms with van der Waals surface area (Å²) in [5.74, 6) is -0.436. The number of rotatable bonds is 4. The Morgan fingerprint density at radius 1 is 1.45 bits per heavy atom. The van der Waals surface area contributed by atoms with Crippen LogP contribution in [0.5, 0.6) is 0 Å². The number of hydrogen-bond acceptors (Lipinski definition) is 4. The lowest BCUT2D eigenvalue weighted by molar-refractivity contribution is -0.0550. The van der Waals surface area contributed by atoms with Gasteiger partial charge in [0.15, 0.2) is 5.78 Å². The minimum Gasteiger partial charge on any atom is -0.375 e. The molecule has 1 aliphatic heterocycles. The van der Waals surface area contributed by atoms with Crippen LogP contribution in [0.1, 0.15) is 36.2 Å². The average molecular weight is 278 g/mol. The van der Waals surface area contributed by atoms with Gasteiger partial charge in [-0.1, -0.05) is 0 Å². The molecule has 2 fully saturated rings. The lowest BCUT2D eigenvalue weighted by atomic mass is 10.1. The molecule has 5 heteroatoms. The summed E-state index contributed by atoms with van der Waals surface area (Å²) >= 11 is 0. The summed E-state index contributed by atoms with van der Waals surface area (Å²) in [4.78, 5) is 18.3. The van der Waals surface area contributed by atoms with Crippen molar-refractivity contribution in [1.29, 1.82) is 0 Å². The second-order valence-electron chi connectivity index (χ2n) is 5.48. The summed E-state index contributed by atoms with van der Waals surface area (Å²) in [6, 6.07) is 3.20. The van der Waals surface area contributed by atoms with E-state index < -0.39 is 5.82 Å². The first kappa shape index (κ1) is 13.6. The predicted molar refractivity (Wildman–Crippen MR) is 72.1 cm³/mol. The summed E-state index contributed by atoms with van der Waals surface area (Å²) in [5.41, 5.74) is 0.350. The maximum absolute atomic E-state index is 12.8. The van der Waals surface area contributed by atoms with E-state index in [1.54, 1.807) is 0 Å². The molecule has 1 saturated carbocycles. The first-order chi connectivity index (χ1) is 9.74. The SMILES string of the molecule is O=C(CCN1CCOC2CCCC21)c1ccc(F)cn1. The van der Waals surface area contributed by atoms with Crippen molar-refractivity contribution in [3.63, 3.8) is 0 Å². The Morgan fingerprint density at radius 2 is 2.35 bits per heavy atom. The van der Waals surface area contributed by atoms with Gasteiger partial charge in [-0.05, 0) is 31.4 Å². The number of ether oxygens (including phenoxy) is 1. The minimum atomic E-state index is -0.413. The standard InChI is InChI=1S/C15H19FN2O2/c16-11-4-5-12(17-10-11)14(19)6-7-18-8-9-20-15-3-1-2-13(15)18/h4-5,10,13,15H,1-3,6-9H2. The molecule has 4 nitrogen and oxygen atoms in total. The van der Waals surface area contributed by atoms with E-state index in [4.69, 9.17) is 4.74 Å². The number of nitrogens with zero attached hydrogens (tertiary/aromatic N) is 2.